The molecule has 0 amide bonds. The van der Waals surface area contributed by atoms with E-state index in [0.29, 0.717) is 5.75 Å². The number of rotatable bonds is 5. The van der Waals surface area contributed by atoms with E-state index in [9.17, 15) is 5.11 Å². The van der Waals surface area contributed by atoms with Crippen molar-refractivity contribution in [2.24, 2.45) is 11.8 Å². The standard InChI is InChI=1S/C14H22O.CO2/c1-4-11(2)9-12(3)10-13-5-7-14(15)8-6-13;2-1-3/h5-8,11-12,15H,4,9-10H2,1-3H3;/t11?,12-;/m1./s1. The highest BCUT2D eigenvalue weighted by Gasteiger charge is 2.07. The Labute approximate surface area is 109 Å². The lowest BCUT2D eigenvalue weighted by atomic mass is 9.90. The van der Waals surface area contributed by atoms with Crippen molar-refractivity contribution in [3.05, 3.63) is 29.8 Å². The zero-order valence-corrected chi connectivity index (χ0v) is 11.3. The van der Waals surface area contributed by atoms with Gasteiger partial charge in [0, 0.05) is 0 Å². The zero-order chi connectivity index (χ0) is 14.0. The van der Waals surface area contributed by atoms with Crippen LogP contribution in [0.3, 0.4) is 0 Å². The van der Waals surface area contributed by atoms with Crippen molar-refractivity contribution >= 4 is 6.15 Å². The SMILES string of the molecule is CCC(C)C[C@@H](C)Cc1ccc(O)cc1.O=C=O. The highest BCUT2D eigenvalue weighted by molar-refractivity contribution is 5.26. The van der Waals surface area contributed by atoms with Gasteiger partial charge in [-0.1, -0.05) is 39.3 Å². The number of carbonyl (C=O) groups excluding carboxylic acids is 2. The molecule has 0 fully saturated rings. The fourth-order valence-corrected chi connectivity index (χ4v) is 1.97. The number of phenols is 1. The molecule has 0 spiro atoms. The summed E-state index contributed by atoms with van der Waals surface area (Å²) in [5.74, 6) is 1.90. The molecule has 100 valence electrons. The second-order valence-electron chi connectivity index (χ2n) is 4.81. The van der Waals surface area contributed by atoms with E-state index in [4.69, 9.17) is 9.59 Å². The zero-order valence-electron chi connectivity index (χ0n) is 11.3. The summed E-state index contributed by atoms with van der Waals surface area (Å²) in [7, 11) is 0. The Kier molecular flexibility index (Phi) is 8.59. The molecular formula is C15H22O3. The third kappa shape index (κ3) is 7.64. The van der Waals surface area contributed by atoms with Gasteiger partial charge in [0.15, 0.2) is 0 Å². The lowest BCUT2D eigenvalue weighted by Gasteiger charge is -2.15. The van der Waals surface area contributed by atoms with Gasteiger partial charge in [-0.05, 0) is 42.4 Å². The minimum atomic E-state index is 0.250. The van der Waals surface area contributed by atoms with Crippen LogP contribution in [0.4, 0.5) is 0 Å². The molecule has 3 heteroatoms. The van der Waals surface area contributed by atoms with Crippen molar-refractivity contribution in [3.63, 3.8) is 0 Å². The van der Waals surface area contributed by atoms with Crippen molar-refractivity contribution in [2.45, 2.75) is 40.0 Å². The van der Waals surface area contributed by atoms with Gasteiger partial charge in [-0.2, -0.15) is 9.59 Å². The average Bonchev–Trinajstić information content (AvgIpc) is 2.33. The maximum Gasteiger partial charge on any atom is 0.373 e. The summed E-state index contributed by atoms with van der Waals surface area (Å²) in [4.78, 5) is 16.2. The van der Waals surface area contributed by atoms with E-state index in [-0.39, 0.29) is 6.15 Å². The van der Waals surface area contributed by atoms with Gasteiger partial charge in [-0.3, -0.25) is 0 Å². The molecule has 0 aromatic heterocycles. The first-order valence-corrected chi connectivity index (χ1v) is 6.30. The van der Waals surface area contributed by atoms with E-state index in [1.807, 2.05) is 12.1 Å². The molecule has 0 saturated carbocycles. The molecule has 0 heterocycles. The van der Waals surface area contributed by atoms with Crippen molar-refractivity contribution < 1.29 is 14.7 Å². The average molecular weight is 250 g/mol. The van der Waals surface area contributed by atoms with Crippen molar-refractivity contribution in [3.8, 4) is 5.75 Å². The van der Waals surface area contributed by atoms with E-state index >= 15 is 0 Å². The molecule has 1 N–H and O–H groups in total. The Morgan fingerprint density at radius 2 is 1.61 bits per heavy atom. The molecule has 1 rings (SSSR count). The number of hydrogen-bond donors (Lipinski definition) is 1. The van der Waals surface area contributed by atoms with E-state index in [1.165, 1.54) is 18.4 Å². The predicted molar refractivity (Wildman–Crippen MR) is 70.1 cm³/mol. The van der Waals surface area contributed by atoms with E-state index in [1.54, 1.807) is 12.1 Å². The van der Waals surface area contributed by atoms with Crippen LogP contribution in [0.2, 0.25) is 0 Å². The molecule has 0 aliphatic heterocycles. The van der Waals surface area contributed by atoms with Crippen LogP contribution in [0.5, 0.6) is 5.75 Å². The lowest BCUT2D eigenvalue weighted by Crippen LogP contribution is -2.05. The summed E-state index contributed by atoms with van der Waals surface area (Å²) < 4.78 is 0. The van der Waals surface area contributed by atoms with Gasteiger partial charge in [-0.15, -0.1) is 0 Å². The van der Waals surface area contributed by atoms with Crippen LogP contribution in [0, 0.1) is 11.8 Å². The Bertz CT molecular complexity index is 351. The van der Waals surface area contributed by atoms with E-state index in [2.05, 4.69) is 20.8 Å². The van der Waals surface area contributed by atoms with Crippen LogP contribution in [-0.2, 0) is 16.0 Å². The summed E-state index contributed by atoms with van der Waals surface area (Å²) in [6, 6.07) is 7.57. The molecule has 1 aromatic rings. The highest BCUT2D eigenvalue weighted by atomic mass is 16.3. The minimum absolute atomic E-state index is 0.250. The maximum absolute atomic E-state index is 9.17. The summed E-state index contributed by atoms with van der Waals surface area (Å²) in [5.41, 5.74) is 1.32. The number of aromatic hydroxyl groups is 1. The maximum atomic E-state index is 9.17. The summed E-state index contributed by atoms with van der Waals surface area (Å²) in [5, 5.41) is 9.17. The smallest absolute Gasteiger partial charge is 0.373 e. The Hall–Kier alpha value is -1.60. The van der Waals surface area contributed by atoms with Crippen molar-refractivity contribution in [1.29, 1.82) is 0 Å². The first-order valence-electron chi connectivity index (χ1n) is 6.30. The summed E-state index contributed by atoms with van der Waals surface area (Å²) >= 11 is 0. The van der Waals surface area contributed by atoms with Crippen LogP contribution in [0.25, 0.3) is 0 Å². The predicted octanol–water partition coefficient (Wildman–Crippen LogP) is 3.42. The Balaban J connectivity index is 0.000000873. The highest BCUT2D eigenvalue weighted by Crippen LogP contribution is 2.20. The molecule has 18 heavy (non-hydrogen) atoms. The molecule has 0 bridgehead atoms. The first-order chi connectivity index (χ1) is 8.53. The van der Waals surface area contributed by atoms with Crippen LogP contribution >= 0.6 is 0 Å². The molecule has 2 atom stereocenters. The molecule has 0 radical (unpaired) electrons. The monoisotopic (exact) mass is 250 g/mol. The summed E-state index contributed by atoms with van der Waals surface area (Å²) in [6.45, 7) is 6.87. The minimum Gasteiger partial charge on any atom is -0.508 e. The second-order valence-corrected chi connectivity index (χ2v) is 4.81. The van der Waals surface area contributed by atoms with E-state index in [0.717, 1.165) is 18.3 Å². The fourth-order valence-electron chi connectivity index (χ4n) is 1.97. The third-order valence-electron chi connectivity index (χ3n) is 3.02. The van der Waals surface area contributed by atoms with Crippen molar-refractivity contribution in [2.75, 3.05) is 0 Å². The largest absolute Gasteiger partial charge is 0.508 e. The fraction of sp³-hybridized carbons (Fsp3) is 0.533. The first kappa shape index (κ1) is 16.4. The van der Waals surface area contributed by atoms with Crippen molar-refractivity contribution in [1.82, 2.24) is 0 Å². The van der Waals surface area contributed by atoms with Crippen LogP contribution in [-0.4, -0.2) is 11.3 Å². The van der Waals surface area contributed by atoms with Crippen LogP contribution in [0.1, 0.15) is 39.2 Å². The van der Waals surface area contributed by atoms with Gasteiger partial charge >= 0.3 is 6.15 Å². The molecular weight excluding hydrogens is 228 g/mol. The molecule has 0 aliphatic rings. The molecule has 1 unspecified atom stereocenters. The van der Waals surface area contributed by atoms with Crippen LogP contribution in [0.15, 0.2) is 24.3 Å². The molecule has 0 saturated heterocycles. The second kappa shape index (κ2) is 9.43. The van der Waals surface area contributed by atoms with E-state index < -0.39 is 0 Å². The summed E-state index contributed by atoms with van der Waals surface area (Å²) in [6.07, 6.45) is 3.92. The van der Waals surface area contributed by atoms with Gasteiger partial charge in [-0.25, -0.2) is 0 Å². The van der Waals surface area contributed by atoms with Gasteiger partial charge in [0.05, 0.1) is 0 Å². The molecule has 0 aliphatic carbocycles. The number of phenolic OH excluding ortho intramolecular Hbond substituents is 1. The third-order valence-corrected chi connectivity index (χ3v) is 3.02. The molecule has 1 aromatic carbocycles. The van der Waals surface area contributed by atoms with Gasteiger partial charge in [0.1, 0.15) is 5.75 Å². The lowest BCUT2D eigenvalue weighted by molar-refractivity contribution is -0.191. The molecule has 3 nitrogen and oxygen atoms in total. The van der Waals surface area contributed by atoms with Crippen LogP contribution < -0.4 is 0 Å². The Morgan fingerprint density at radius 3 is 2.06 bits per heavy atom. The number of hydrogen-bond acceptors (Lipinski definition) is 3. The van der Waals surface area contributed by atoms with Gasteiger partial charge in [0.25, 0.3) is 0 Å². The normalized spacial score (nSPS) is 12.8. The quantitative estimate of drug-likeness (QED) is 0.871. The van der Waals surface area contributed by atoms with Gasteiger partial charge < -0.3 is 5.11 Å². The van der Waals surface area contributed by atoms with Gasteiger partial charge in [0.2, 0.25) is 0 Å². The number of benzene rings is 1. The Morgan fingerprint density at radius 1 is 1.11 bits per heavy atom. The topological polar surface area (TPSA) is 54.4 Å².